The Kier molecular flexibility index (Phi) is 7.54. The number of fused-ring (bicyclic) bond motifs is 1. The van der Waals surface area contributed by atoms with Crippen LogP contribution in [0.4, 0.5) is 5.82 Å². The van der Waals surface area contributed by atoms with Gasteiger partial charge in [-0.1, -0.05) is 6.07 Å². The fourth-order valence-electron chi connectivity index (χ4n) is 4.11. The number of carbonyl (C=O) groups is 2. The van der Waals surface area contributed by atoms with Gasteiger partial charge in [-0.2, -0.15) is 0 Å². The van der Waals surface area contributed by atoms with Gasteiger partial charge in [-0.25, -0.2) is 9.78 Å². The van der Waals surface area contributed by atoms with Gasteiger partial charge in [-0.15, -0.1) is 5.06 Å². The van der Waals surface area contributed by atoms with E-state index in [-0.39, 0.29) is 19.1 Å². The molecule has 0 spiro atoms. The minimum absolute atomic E-state index is 0.0139. The first-order chi connectivity index (χ1) is 14.7. The maximum absolute atomic E-state index is 12.4. The predicted molar refractivity (Wildman–Crippen MR) is 116 cm³/mol. The zero-order chi connectivity index (χ0) is 22.6. The summed E-state index contributed by atoms with van der Waals surface area (Å²) in [5.41, 5.74) is 1.60. The molecular weight excluding hydrogens is 398 g/mol. The highest BCUT2D eigenvalue weighted by molar-refractivity contribution is 5.76. The van der Waals surface area contributed by atoms with Crippen LogP contribution in [0.15, 0.2) is 12.1 Å². The molecule has 172 valence electrons. The summed E-state index contributed by atoms with van der Waals surface area (Å²) in [6.45, 7) is 5.89. The smallest absolute Gasteiger partial charge is 0.330 e. The maximum atomic E-state index is 12.4. The van der Waals surface area contributed by atoms with Crippen LogP contribution >= 0.6 is 0 Å². The molecule has 31 heavy (non-hydrogen) atoms. The zero-order valence-corrected chi connectivity index (χ0v) is 18.8. The summed E-state index contributed by atoms with van der Waals surface area (Å²) in [4.78, 5) is 34.5. The number of anilines is 1. The van der Waals surface area contributed by atoms with Crippen molar-refractivity contribution in [3.05, 3.63) is 23.4 Å². The molecule has 0 radical (unpaired) electrons. The Morgan fingerprint density at radius 1 is 1.32 bits per heavy atom. The molecule has 0 saturated heterocycles. The van der Waals surface area contributed by atoms with E-state index >= 15 is 0 Å². The predicted octanol–water partition coefficient (Wildman–Crippen LogP) is 2.79. The monoisotopic (exact) mass is 433 g/mol. The van der Waals surface area contributed by atoms with E-state index in [9.17, 15) is 19.8 Å². The molecule has 3 rings (SSSR count). The number of aromatic nitrogens is 1. The first kappa shape index (κ1) is 23.5. The minimum Gasteiger partial charge on any atom is -0.480 e. The number of rotatable bonds is 9. The Bertz CT molecular complexity index is 786. The molecule has 2 aliphatic rings. The van der Waals surface area contributed by atoms with Gasteiger partial charge in [0.2, 0.25) is 0 Å². The Hall–Kier alpha value is -2.19. The van der Waals surface area contributed by atoms with Crippen LogP contribution in [0.1, 0.15) is 64.1 Å². The number of hydrogen-bond donors (Lipinski definition) is 3. The van der Waals surface area contributed by atoms with E-state index in [0.29, 0.717) is 5.92 Å². The number of nitrogens with zero attached hydrogens (tertiary/aromatic N) is 2. The van der Waals surface area contributed by atoms with E-state index in [2.05, 4.69) is 17.4 Å². The van der Waals surface area contributed by atoms with Gasteiger partial charge < -0.3 is 20.4 Å². The number of aliphatic carboxylic acids is 1. The molecule has 1 aliphatic carbocycles. The molecule has 1 fully saturated rings. The summed E-state index contributed by atoms with van der Waals surface area (Å²) in [6, 6.07) is 3.06. The number of aliphatic hydroxyl groups is 1. The Labute approximate surface area is 183 Å². The van der Waals surface area contributed by atoms with Gasteiger partial charge in [0, 0.05) is 24.9 Å². The lowest BCUT2D eigenvalue weighted by molar-refractivity contribution is -0.240. The molecule has 0 bridgehead atoms. The quantitative estimate of drug-likeness (QED) is 0.510. The molecule has 0 amide bonds. The van der Waals surface area contributed by atoms with Crippen LogP contribution in [-0.4, -0.2) is 57.4 Å². The van der Waals surface area contributed by atoms with Crippen molar-refractivity contribution in [2.24, 2.45) is 11.3 Å². The lowest BCUT2D eigenvalue weighted by Crippen LogP contribution is -2.54. The number of pyridine rings is 1. The third-order valence-corrected chi connectivity index (χ3v) is 6.13. The van der Waals surface area contributed by atoms with Crippen LogP contribution in [0.3, 0.4) is 0 Å². The fraction of sp³-hybridized carbons (Fsp3) is 0.696. The zero-order valence-electron chi connectivity index (χ0n) is 18.8. The molecular formula is C23H35N3O5. The van der Waals surface area contributed by atoms with Crippen LogP contribution in [0.5, 0.6) is 0 Å². The Morgan fingerprint density at radius 3 is 2.71 bits per heavy atom. The number of aliphatic hydroxyl groups excluding tert-OH is 1. The Morgan fingerprint density at radius 2 is 2.06 bits per heavy atom. The highest BCUT2D eigenvalue weighted by Crippen LogP contribution is 2.37. The van der Waals surface area contributed by atoms with Gasteiger partial charge in [0.05, 0.1) is 5.41 Å². The highest BCUT2D eigenvalue weighted by Gasteiger charge is 2.42. The minimum atomic E-state index is -1.09. The van der Waals surface area contributed by atoms with E-state index in [1.165, 1.54) is 10.6 Å². The van der Waals surface area contributed by atoms with E-state index in [1.54, 1.807) is 20.8 Å². The summed E-state index contributed by atoms with van der Waals surface area (Å²) in [7, 11) is 0. The van der Waals surface area contributed by atoms with Crippen LogP contribution < -0.4 is 5.32 Å². The third kappa shape index (κ3) is 5.95. The molecule has 2 heterocycles. The molecule has 8 heteroatoms. The summed E-state index contributed by atoms with van der Waals surface area (Å²) < 4.78 is 0. The molecule has 3 N–H and O–H groups in total. The molecule has 1 aromatic heterocycles. The molecule has 1 aliphatic heterocycles. The van der Waals surface area contributed by atoms with Crippen molar-refractivity contribution in [2.45, 2.75) is 77.8 Å². The number of carboxylic acid groups (broad SMARTS) is 1. The molecule has 8 nitrogen and oxygen atoms in total. The number of nitrogens with one attached hydrogen (secondary N) is 1. The SMILES string of the molecule is CC(C)(C)C(=O)ON(C1CC(CCc2ccc3c(n2)NCCC3)C1)[C@@H](CCO)C(=O)O. The van der Waals surface area contributed by atoms with Gasteiger partial charge in [0.25, 0.3) is 0 Å². The van der Waals surface area contributed by atoms with Crippen molar-refractivity contribution in [3.8, 4) is 0 Å². The van der Waals surface area contributed by atoms with Crippen molar-refractivity contribution in [1.29, 1.82) is 0 Å². The number of carbonyl (C=O) groups excluding carboxylic acids is 1. The number of hydrogen-bond acceptors (Lipinski definition) is 7. The van der Waals surface area contributed by atoms with Crippen molar-refractivity contribution in [2.75, 3.05) is 18.5 Å². The van der Waals surface area contributed by atoms with Crippen LogP contribution in [0, 0.1) is 11.3 Å². The van der Waals surface area contributed by atoms with Crippen LogP contribution in [0.2, 0.25) is 0 Å². The topological polar surface area (TPSA) is 112 Å². The largest absolute Gasteiger partial charge is 0.480 e. The number of aryl methyl sites for hydroxylation is 2. The van der Waals surface area contributed by atoms with E-state index in [1.807, 2.05) is 0 Å². The van der Waals surface area contributed by atoms with Crippen LogP contribution in [0.25, 0.3) is 0 Å². The van der Waals surface area contributed by atoms with Gasteiger partial charge in [0.1, 0.15) is 11.9 Å². The molecule has 1 saturated carbocycles. The lowest BCUT2D eigenvalue weighted by Gasteiger charge is -2.44. The van der Waals surface area contributed by atoms with Crippen LogP contribution in [-0.2, 0) is 27.3 Å². The van der Waals surface area contributed by atoms with Gasteiger partial charge in [0.15, 0.2) is 0 Å². The second-order valence-electron chi connectivity index (χ2n) is 9.73. The average molecular weight is 434 g/mol. The van der Waals surface area contributed by atoms with Crippen molar-refractivity contribution < 1.29 is 24.6 Å². The third-order valence-electron chi connectivity index (χ3n) is 6.13. The van der Waals surface area contributed by atoms with Gasteiger partial charge in [-0.3, -0.25) is 4.79 Å². The molecule has 1 atom stereocenters. The van der Waals surface area contributed by atoms with Crippen molar-refractivity contribution in [3.63, 3.8) is 0 Å². The Balaban J connectivity index is 1.58. The highest BCUT2D eigenvalue weighted by atomic mass is 16.7. The number of carboxylic acids is 1. The first-order valence-electron chi connectivity index (χ1n) is 11.3. The number of hydroxylamine groups is 2. The van der Waals surface area contributed by atoms with Gasteiger partial charge in [-0.05, 0) is 83.3 Å². The standard InChI is InChI=1S/C23H35N3O5/c1-23(2,3)22(30)31-26(19(10-12-27)21(28)29)18-13-15(14-18)6-8-17-9-7-16-5-4-11-24-20(16)25-17/h7,9,15,18-19,27H,4-6,8,10-14H2,1-3H3,(H,24,25)(H,28,29)/t15?,18?,19-/m0/s1. The fourth-order valence-corrected chi connectivity index (χ4v) is 4.11. The average Bonchev–Trinajstić information content (AvgIpc) is 2.68. The normalized spacial score (nSPS) is 21.6. The van der Waals surface area contributed by atoms with E-state index < -0.39 is 23.4 Å². The summed E-state index contributed by atoms with van der Waals surface area (Å²) in [5, 5.41) is 23.6. The second-order valence-corrected chi connectivity index (χ2v) is 9.73. The maximum Gasteiger partial charge on any atom is 0.330 e. The van der Waals surface area contributed by atoms with Gasteiger partial charge >= 0.3 is 11.9 Å². The summed E-state index contributed by atoms with van der Waals surface area (Å²) in [5.74, 6) is -0.130. The van der Waals surface area contributed by atoms with Crippen molar-refractivity contribution >= 4 is 17.8 Å². The lowest BCUT2D eigenvalue weighted by atomic mass is 9.76. The van der Waals surface area contributed by atoms with E-state index in [4.69, 9.17) is 9.82 Å². The molecule has 0 unspecified atom stereocenters. The summed E-state index contributed by atoms with van der Waals surface area (Å²) in [6.07, 6.45) is 5.57. The summed E-state index contributed by atoms with van der Waals surface area (Å²) >= 11 is 0. The second kappa shape index (κ2) is 9.96. The molecule has 1 aromatic rings. The molecule has 0 aromatic carbocycles. The first-order valence-corrected chi connectivity index (χ1v) is 11.3. The van der Waals surface area contributed by atoms with Crippen molar-refractivity contribution in [1.82, 2.24) is 10.0 Å². The van der Waals surface area contributed by atoms with E-state index in [0.717, 1.165) is 56.6 Å².